The van der Waals surface area contributed by atoms with E-state index in [4.69, 9.17) is 0 Å². The van der Waals surface area contributed by atoms with Gasteiger partial charge >= 0.3 is 0 Å². The van der Waals surface area contributed by atoms with Crippen molar-refractivity contribution in [2.24, 2.45) is 0 Å². The molecule has 1 atom stereocenters. The van der Waals surface area contributed by atoms with Crippen LogP contribution in [0, 0.1) is 20.8 Å². The van der Waals surface area contributed by atoms with E-state index in [0.29, 0.717) is 5.25 Å². The van der Waals surface area contributed by atoms with Crippen LogP contribution in [0.1, 0.15) is 65.1 Å². The first-order chi connectivity index (χ1) is 17.2. The number of fused-ring (bicyclic) bond motifs is 7. The van der Waals surface area contributed by atoms with E-state index in [-0.39, 0.29) is 5.41 Å². The molecule has 5 aromatic rings. The van der Waals surface area contributed by atoms with Crippen LogP contribution in [-0.4, -0.2) is 0 Å². The molecule has 0 spiro atoms. The molecule has 2 aliphatic rings. The zero-order valence-electron chi connectivity index (χ0n) is 21.7. The Hall–Kier alpha value is -2.33. The summed E-state index contributed by atoms with van der Waals surface area (Å²) in [6.07, 6.45) is 3.53. The number of thioether (sulfide) groups is 1. The quantitative estimate of drug-likeness (QED) is 0.222. The molecule has 36 heavy (non-hydrogen) atoms. The number of rotatable bonds is 2. The first kappa shape index (κ1) is 22.8. The third-order valence-electron chi connectivity index (χ3n) is 8.44. The second-order valence-corrected chi connectivity index (χ2v) is 14.8. The highest BCUT2D eigenvalue weighted by Crippen LogP contribution is 2.57. The molecule has 1 aliphatic carbocycles. The summed E-state index contributed by atoms with van der Waals surface area (Å²) in [5.74, 6) is 0. The SMILES string of the molecule is CC1=CCC(c2ccc3c(c2)sc2c4c(c(C)c(C)c23)-c2ccc(-c3ccc(C)s3)cc2C4(C)C)S1. The average Bonchev–Trinajstić information content (AvgIpc) is 3.61. The third-order valence-corrected chi connectivity index (χ3v) is 11.9. The normalized spacial score (nSPS) is 18.2. The minimum absolute atomic E-state index is 0.0320. The van der Waals surface area contributed by atoms with Crippen LogP contribution in [-0.2, 0) is 5.41 Å². The minimum Gasteiger partial charge on any atom is -0.141 e. The lowest BCUT2D eigenvalue weighted by molar-refractivity contribution is 0.667. The molecule has 1 aliphatic heterocycles. The molecule has 0 radical (unpaired) electrons. The van der Waals surface area contributed by atoms with Crippen molar-refractivity contribution in [2.45, 2.75) is 58.6 Å². The highest BCUT2D eigenvalue weighted by molar-refractivity contribution is 8.03. The van der Waals surface area contributed by atoms with Gasteiger partial charge in [0.25, 0.3) is 0 Å². The number of allylic oxidation sites excluding steroid dienone is 2. The zero-order chi connectivity index (χ0) is 24.9. The highest BCUT2D eigenvalue weighted by atomic mass is 32.2. The molecular formula is C33H30S3. The molecule has 7 rings (SSSR count). The largest absolute Gasteiger partial charge is 0.141 e. The van der Waals surface area contributed by atoms with Gasteiger partial charge in [0.2, 0.25) is 0 Å². The summed E-state index contributed by atoms with van der Waals surface area (Å²) in [6.45, 7) is 14.0. The molecule has 2 aromatic heterocycles. The second kappa shape index (κ2) is 7.84. The van der Waals surface area contributed by atoms with Gasteiger partial charge in [-0.3, -0.25) is 0 Å². The number of hydrogen-bond acceptors (Lipinski definition) is 3. The summed E-state index contributed by atoms with van der Waals surface area (Å²) in [6, 6.07) is 19.0. The van der Waals surface area contributed by atoms with Crippen molar-refractivity contribution < 1.29 is 0 Å². The van der Waals surface area contributed by atoms with Crippen molar-refractivity contribution in [3.05, 3.63) is 92.2 Å². The molecule has 180 valence electrons. The van der Waals surface area contributed by atoms with Crippen molar-refractivity contribution in [1.82, 2.24) is 0 Å². The zero-order valence-corrected chi connectivity index (χ0v) is 24.2. The Balaban J connectivity index is 1.46. The maximum atomic E-state index is 2.48. The topological polar surface area (TPSA) is 0 Å². The Kier molecular flexibility index (Phi) is 4.97. The maximum absolute atomic E-state index is 2.48. The van der Waals surface area contributed by atoms with Crippen LogP contribution < -0.4 is 0 Å². The van der Waals surface area contributed by atoms with Gasteiger partial charge < -0.3 is 0 Å². The van der Waals surface area contributed by atoms with Crippen LogP contribution in [0.3, 0.4) is 0 Å². The molecule has 0 bridgehead atoms. The molecule has 0 saturated carbocycles. The number of hydrogen-bond donors (Lipinski definition) is 0. The molecule has 0 N–H and O–H groups in total. The highest BCUT2D eigenvalue weighted by Gasteiger charge is 2.39. The summed E-state index contributed by atoms with van der Waals surface area (Å²) < 4.78 is 2.92. The van der Waals surface area contributed by atoms with Gasteiger partial charge in [0.1, 0.15) is 0 Å². The number of aryl methyl sites for hydroxylation is 2. The van der Waals surface area contributed by atoms with Gasteiger partial charge in [0, 0.05) is 40.6 Å². The first-order valence-corrected chi connectivity index (χ1v) is 15.3. The van der Waals surface area contributed by atoms with E-state index in [9.17, 15) is 0 Å². The molecule has 0 saturated heterocycles. The summed E-state index contributed by atoms with van der Waals surface area (Å²) in [7, 11) is 0. The van der Waals surface area contributed by atoms with Gasteiger partial charge in [-0.05, 0) is 108 Å². The van der Waals surface area contributed by atoms with Crippen LogP contribution in [0.25, 0.3) is 41.7 Å². The fraction of sp³-hybridized carbons (Fsp3) is 0.273. The lowest BCUT2D eigenvalue weighted by Gasteiger charge is -2.23. The summed E-state index contributed by atoms with van der Waals surface area (Å²) >= 11 is 5.92. The van der Waals surface area contributed by atoms with E-state index in [2.05, 4.69) is 96.1 Å². The predicted molar refractivity (Wildman–Crippen MR) is 163 cm³/mol. The maximum Gasteiger partial charge on any atom is 0.0405 e. The lowest BCUT2D eigenvalue weighted by atomic mass is 9.80. The Bertz CT molecular complexity index is 1760. The monoisotopic (exact) mass is 522 g/mol. The molecule has 0 fully saturated rings. The van der Waals surface area contributed by atoms with Gasteiger partial charge in [-0.2, -0.15) is 0 Å². The molecule has 0 amide bonds. The lowest BCUT2D eigenvalue weighted by Crippen LogP contribution is -2.15. The molecule has 0 nitrogen and oxygen atoms in total. The van der Waals surface area contributed by atoms with Crippen LogP contribution in [0.4, 0.5) is 0 Å². The fourth-order valence-corrected chi connectivity index (χ4v) is 9.93. The predicted octanol–water partition coefficient (Wildman–Crippen LogP) is 11.1. The van der Waals surface area contributed by atoms with E-state index in [0.717, 1.165) is 6.42 Å². The first-order valence-electron chi connectivity index (χ1n) is 12.8. The molecule has 3 aromatic carbocycles. The summed E-state index contributed by atoms with van der Waals surface area (Å²) in [5.41, 5.74) is 11.6. The van der Waals surface area contributed by atoms with Gasteiger partial charge in [-0.25, -0.2) is 0 Å². The Morgan fingerprint density at radius 2 is 1.69 bits per heavy atom. The Morgan fingerprint density at radius 3 is 2.42 bits per heavy atom. The Labute approximate surface area is 226 Å². The summed E-state index contributed by atoms with van der Waals surface area (Å²) in [5, 5.41) is 3.46. The van der Waals surface area contributed by atoms with Crippen LogP contribution >= 0.6 is 34.4 Å². The van der Waals surface area contributed by atoms with E-state index >= 15 is 0 Å². The van der Waals surface area contributed by atoms with E-state index in [1.54, 1.807) is 0 Å². The molecular weight excluding hydrogens is 493 g/mol. The van der Waals surface area contributed by atoms with Gasteiger partial charge in [-0.15, -0.1) is 34.4 Å². The van der Waals surface area contributed by atoms with Crippen LogP contribution in [0.2, 0.25) is 0 Å². The van der Waals surface area contributed by atoms with Crippen molar-refractivity contribution in [1.29, 1.82) is 0 Å². The van der Waals surface area contributed by atoms with Crippen molar-refractivity contribution in [2.75, 3.05) is 0 Å². The van der Waals surface area contributed by atoms with Crippen LogP contribution in [0.15, 0.2) is 59.5 Å². The standard InChI is InChI=1S/C33H30S3/c1-17-7-13-26(34-17)21-9-11-23-25(15-21)33(5,6)31-29(23)19(3)20(4)30-24-12-10-22(16-28(24)36-32(30)31)27-14-8-18(2)35-27/h7-13,15-16,27H,14H2,1-6H3. The number of benzene rings is 3. The van der Waals surface area contributed by atoms with Crippen molar-refractivity contribution >= 4 is 54.6 Å². The minimum atomic E-state index is -0.0320. The smallest absolute Gasteiger partial charge is 0.0405 e. The molecule has 1 unspecified atom stereocenters. The van der Waals surface area contributed by atoms with Crippen molar-refractivity contribution in [3.63, 3.8) is 0 Å². The van der Waals surface area contributed by atoms with Gasteiger partial charge in [0.15, 0.2) is 0 Å². The number of thiophene rings is 2. The molecule has 3 heteroatoms. The van der Waals surface area contributed by atoms with E-state index in [1.165, 1.54) is 79.3 Å². The summed E-state index contributed by atoms with van der Waals surface area (Å²) in [4.78, 5) is 4.19. The molecule has 3 heterocycles. The van der Waals surface area contributed by atoms with Crippen molar-refractivity contribution in [3.8, 4) is 21.6 Å². The van der Waals surface area contributed by atoms with Crippen LogP contribution in [0.5, 0.6) is 0 Å². The third kappa shape index (κ3) is 3.12. The second-order valence-electron chi connectivity index (χ2n) is 11.0. The van der Waals surface area contributed by atoms with Gasteiger partial charge in [-0.1, -0.05) is 44.2 Å². The fourth-order valence-electron chi connectivity index (χ4n) is 6.43. The average molecular weight is 523 g/mol. The van der Waals surface area contributed by atoms with E-state index in [1.807, 2.05) is 34.4 Å². The van der Waals surface area contributed by atoms with E-state index < -0.39 is 0 Å². The van der Waals surface area contributed by atoms with Gasteiger partial charge in [0.05, 0.1) is 0 Å². The Morgan fingerprint density at radius 1 is 0.861 bits per heavy atom.